The van der Waals surface area contributed by atoms with E-state index in [0.29, 0.717) is 11.5 Å². The van der Waals surface area contributed by atoms with Gasteiger partial charge in [0, 0.05) is 11.6 Å². The highest BCUT2D eigenvalue weighted by molar-refractivity contribution is 7.92. The second-order valence-corrected chi connectivity index (χ2v) is 10.1. The van der Waals surface area contributed by atoms with Crippen molar-refractivity contribution in [2.24, 2.45) is 5.10 Å². The first-order valence-corrected chi connectivity index (χ1v) is 12.9. The summed E-state index contributed by atoms with van der Waals surface area (Å²) in [4.78, 5) is 13.0. The summed E-state index contributed by atoms with van der Waals surface area (Å²) in [6.45, 7) is 1.36. The van der Waals surface area contributed by atoms with Gasteiger partial charge in [-0.3, -0.25) is 9.10 Å². The molecule has 0 heterocycles. The molecule has 0 radical (unpaired) electrons. The summed E-state index contributed by atoms with van der Waals surface area (Å²) in [6.07, 6.45) is 1.54. The number of amides is 1. The van der Waals surface area contributed by atoms with Gasteiger partial charge in [0.05, 0.1) is 31.0 Å². The fourth-order valence-electron chi connectivity index (χ4n) is 3.84. The Hall–Kier alpha value is -4.37. The average Bonchev–Trinajstić information content (AvgIpc) is 2.91. The van der Waals surface area contributed by atoms with E-state index < -0.39 is 22.5 Å². The second-order valence-electron chi connectivity index (χ2n) is 8.23. The lowest BCUT2D eigenvalue weighted by Gasteiger charge is -2.24. The van der Waals surface area contributed by atoms with Crippen molar-refractivity contribution in [3.63, 3.8) is 0 Å². The van der Waals surface area contributed by atoms with Gasteiger partial charge in [0.1, 0.15) is 6.54 Å². The second kappa shape index (κ2) is 11.1. The molecular formula is C28H27N3O5S. The number of nitrogens with one attached hydrogen (secondary N) is 1. The zero-order valence-corrected chi connectivity index (χ0v) is 21.5. The highest BCUT2D eigenvalue weighted by Gasteiger charge is 2.28. The minimum absolute atomic E-state index is 0.0555. The van der Waals surface area contributed by atoms with Crippen LogP contribution < -0.4 is 19.2 Å². The van der Waals surface area contributed by atoms with Crippen LogP contribution >= 0.6 is 0 Å². The van der Waals surface area contributed by atoms with Gasteiger partial charge in [-0.1, -0.05) is 60.2 Å². The molecule has 0 aromatic heterocycles. The first-order valence-electron chi connectivity index (χ1n) is 11.4. The maximum atomic E-state index is 13.6. The van der Waals surface area contributed by atoms with Gasteiger partial charge in [0.25, 0.3) is 15.9 Å². The molecule has 8 nitrogen and oxygen atoms in total. The molecule has 4 aromatic carbocycles. The van der Waals surface area contributed by atoms with Crippen molar-refractivity contribution in [1.29, 1.82) is 0 Å². The predicted molar refractivity (Wildman–Crippen MR) is 145 cm³/mol. The van der Waals surface area contributed by atoms with Crippen LogP contribution in [0.1, 0.15) is 11.1 Å². The van der Waals surface area contributed by atoms with Crippen molar-refractivity contribution in [2.45, 2.75) is 11.8 Å². The third kappa shape index (κ3) is 5.73. The third-order valence-electron chi connectivity index (χ3n) is 5.77. The zero-order chi connectivity index (χ0) is 26.4. The normalized spacial score (nSPS) is 11.4. The Morgan fingerprint density at radius 3 is 2.35 bits per heavy atom. The van der Waals surface area contributed by atoms with Crippen LogP contribution in [0, 0.1) is 6.92 Å². The van der Waals surface area contributed by atoms with Crippen molar-refractivity contribution in [3.05, 3.63) is 96.1 Å². The lowest BCUT2D eigenvalue weighted by molar-refractivity contribution is -0.119. The number of carbonyl (C=O) groups excluding carboxylic acids is 1. The smallest absolute Gasteiger partial charge is 0.264 e. The molecule has 0 fully saturated rings. The Bertz CT molecular complexity index is 1540. The van der Waals surface area contributed by atoms with E-state index in [4.69, 9.17) is 9.47 Å². The molecule has 0 unspecified atom stereocenters. The van der Waals surface area contributed by atoms with Crippen molar-refractivity contribution in [2.75, 3.05) is 25.1 Å². The number of nitrogens with zero attached hydrogens (tertiary/aromatic N) is 2. The Labute approximate surface area is 216 Å². The third-order valence-corrected chi connectivity index (χ3v) is 7.56. The van der Waals surface area contributed by atoms with E-state index in [9.17, 15) is 13.2 Å². The van der Waals surface area contributed by atoms with Crippen LogP contribution in [0.15, 0.2) is 94.9 Å². The van der Waals surface area contributed by atoms with Crippen molar-refractivity contribution in [3.8, 4) is 11.5 Å². The Morgan fingerprint density at radius 2 is 1.62 bits per heavy atom. The van der Waals surface area contributed by atoms with E-state index in [1.165, 1.54) is 38.6 Å². The summed E-state index contributed by atoms with van der Waals surface area (Å²) in [5.41, 5.74) is 4.43. The number of hydrogen-bond donors (Lipinski definition) is 1. The van der Waals surface area contributed by atoms with E-state index in [1.807, 2.05) is 49.4 Å². The molecule has 0 saturated carbocycles. The van der Waals surface area contributed by atoms with Crippen LogP contribution in [0.3, 0.4) is 0 Å². The van der Waals surface area contributed by atoms with Crippen LogP contribution in [-0.2, 0) is 14.8 Å². The summed E-state index contributed by atoms with van der Waals surface area (Å²) >= 11 is 0. The SMILES string of the molecule is COc1ccc(N(CC(=O)N/N=C\c2cccc3ccccc23)S(=O)(=O)c2ccc(C)cc2)cc1OC. The van der Waals surface area contributed by atoms with Crippen molar-refractivity contribution in [1.82, 2.24) is 5.43 Å². The molecule has 1 N–H and O–H groups in total. The number of methoxy groups -OCH3 is 2. The standard InChI is InChI=1S/C28H27N3O5S/c1-20-11-14-24(15-12-20)37(33,34)31(23-13-16-26(35-2)27(17-23)36-3)19-28(32)30-29-18-22-9-6-8-21-7-4-5-10-25(21)22/h4-18H,19H2,1-3H3,(H,30,32)/b29-18-. The van der Waals surface area contributed by atoms with E-state index in [-0.39, 0.29) is 10.6 Å². The fraction of sp³-hybridized carbons (Fsp3) is 0.143. The molecule has 0 aliphatic carbocycles. The Morgan fingerprint density at radius 1 is 0.919 bits per heavy atom. The highest BCUT2D eigenvalue weighted by Crippen LogP contribution is 2.33. The predicted octanol–water partition coefficient (Wildman–Crippen LogP) is 4.51. The number of rotatable bonds is 9. The summed E-state index contributed by atoms with van der Waals surface area (Å²) in [5, 5.41) is 6.10. The van der Waals surface area contributed by atoms with E-state index >= 15 is 0 Å². The van der Waals surface area contributed by atoms with Crippen molar-refractivity contribution < 1.29 is 22.7 Å². The molecule has 9 heteroatoms. The van der Waals surface area contributed by atoms with Crippen LogP contribution in [0.2, 0.25) is 0 Å². The maximum absolute atomic E-state index is 13.6. The van der Waals surface area contributed by atoms with E-state index in [2.05, 4.69) is 10.5 Å². The molecule has 0 saturated heterocycles. The highest BCUT2D eigenvalue weighted by atomic mass is 32.2. The van der Waals surface area contributed by atoms with Gasteiger partial charge in [-0.2, -0.15) is 5.10 Å². The van der Waals surface area contributed by atoms with Gasteiger partial charge in [-0.15, -0.1) is 0 Å². The molecule has 190 valence electrons. The molecule has 0 bridgehead atoms. The number of benzene rings is 4. The minimum Gasteiger partial charge on any atom is -0.493 e. The molecule has 0 aliphatic rings. The number of hydrogen-bond acceptors (Lipinski definition) is 6. The topological polar surface area (TPSA) is 97.3 Å². The number of fused-ring (bicyclic) bond motifs is 1. The molecule has 0 aliphatic heterocycles. The van der Waals surface area contributed by atoms with Crippen LogP contribution in [0.25, 0.3) is 10.8 Å². The van der Waals surface area contributed by atoms with E-state index in [1.54, 1.807) is 24.3 Å². The monoisotopic (exact) mass is 517 g/mol. The zero-order valence-electron chi connectivity index (χ0n) is 20.7. The number of ether oxygens (including phenoxy) is 2. The minimum atomic E-state index is -4.09. The van der Waals surface area contributed by atoms with Crippen molar-refractivity contribution >= 4 is 38.6 Å². The average molecular weight is 518 g/mol. The summed E-state index contributed by atoms with van der Waals surface area (Å²) < 4.78 is 38.9. The maximum Gasteiger partial charge on any atom is 0.264 e. The van der Waals surface area contributed by atoms with Gasteiger partial charge < -0.3 is 9.47 Å². The lowest BCUT2D eigenvalue weighted by Crippen LogP contribution is -2.39. The molecule has 1 amide bonds. The Kier molecular flexibility index (Phi) is 7.74. The first kappa shape index (κ1) is 25.7. The molecule has 37 heavy (non-hydrogen) atoms. The quantitative estimate of drug-likeness (QED) is 0.260. The number of anilines is 1. The van der Waals surface area contributed by atoms with Gasteiger partial charge in [-0.05, 0) is 42.0 Å². The van der Waals surface area contributed by atoms with Crippen LogP contribution in [0.5, 0.6) is 11.5 Å². The first-order chi connectivity index (χ1) is 17.8. The molecule has 4 aromatic rings. The molecule has 0 spiro atoms. The fourth-order valence-corrected chi connectivity index (χ4v) is 5.25. The van der Waals surface area contributed by atoms with Crippen LogP contribution in [0.4, 0.5) is 5.69 Å². The lowest BCUT2D eigenvalue weighted by atomic mass is 10.1. The molecule has 4 rings (SSSR count). The number of sulfonamides is 1. The van der Waals surface area contributed by atoms with E-state index in [0.717, 1.165) is 26.2 Å². The molecule has 0 atom stereocenters. The van der Waals surface area contributed by atoms with Gasteiger partial charge in [0.15, 0.2) is 11.5 Å². The number of hydrazone groups is 1. The molecular weight excluding hydrogens is 490 g/mol. The van der Waals surface area contributed by atoms with Gasteiger partial charge in [0.2, 0.25) is 0 Å². The summed E-state index contributed by atoms with van der Waals surface area (Å²) in [5.74, 6) is 0.156. The largest absolute Gasteiger partial charge is 0.493 e. The van der Waals surface area contributed by atoms with Gasteiger partial charge in [-0.25, -0.2) is 13.8 Å². The van der Waals surface area contributed by atoms with Crippen LogP contribution in [-0.4, -0.2) is 41.3 Å². The Balaban J connectivity index is 1.62. The summed E-state index contributed by atoms with van der Waals surface area (Å²) in [7, 11) is -1.15. The van der Waals surface area contributed by atoms with Gasteiger partial charge >= 0.3 is 0 Å². The number of carbonyl (C=O) groups is 1. The summed E-state index contributed by atoms with van der Waals surface area (Å²) in [6, 6.07) is 24.7. The number of aryl methyl sites for hydroxylation is 1.